The van der Waals surface area contributed by atoms with Crippen LogP contribution in [-0.2, 0) is 67.4 Å². The SMILES string of the molecule is C=S(C)c1ccc(-c2ccc(Oc3cn[nH]n3)cc2)cc1.CS(=O)(=O)c1ccc(-c2ccc(Oc3cn[nH]n3)cc2)cc1.CSc1ccc(-c2ccc(Oc3cn[nH]n3)cc2)cc1.Cc1ccc(-c2ccc(Oc3cn[nH]n3)cc2)cc1.Cc1ccc(-c2ccc(Oc3cn[nH]n3)cc2)cc1.Cc1ccc(-c2ccc(Oc3cn[nH]n3)cc2)cc1.O=C=O.O=C=O.O=C=O.O=C=O.O=C=O.O=C=O. The fourth-order valence-electron chi connectivity index (χ4n) is 11.3. The lowest BCUT2D eigenvalue weighted by Crippen LogP contribution is -1.96. The summed E-state index contributed by atoms with van der Waals surface area (Å²) in [4.78, 5) is 100. The Labute approximate surface area is 792 Å². The molecule has 6 heterocycles. The second-order valence-electron chi connectivity index (χ2n) is 26.9. The topological polar surface area (TPSA) is 544 Å². The summed E-state index contributed by atoms with van der Waals surface area (Å²) in [6, 6.07) is 96.0. The molecule has 1 atom stereocenters. The minimum atomic E-state index is -3.17. The van der Waals surface area contributed by atoms with E-state index in [4.69, 9.17) is 86.0 Å². The molecular weight excluding hydrogens is 1830 g/mol. The van der Waals surface area contributed by atoms with Crippen molar-refractivity contribution in [1.82, 2.24) is 92.5 Å². The highest BCUT2D eigenvalue weighted by Gasteiger charge is 2.12. The summed E-state index contributed by atoms with van der Waals surface area (Å²) in [5.74, 6) is 11.1. The van der Waals surface area contributed by atoms with E-state index in [0.29, 0.717) is 45.9 Å². The minimum absolute atomic E-state index is 0.0482. The average molecular weight is 1910 g/mol. The highest BCUT2D eigenvalue weighted by molar-refractivity contribution is 8.13. The quantitative estimate of drug-likeness (QED) is 0.0287. The number of aromatic amines is 6. The Morgan fingerprint density at radius 1 is 0.261 bits per heavy atom. The molecule has 0 aliphatic rings. The molecule has 41 heteroatoms. The summed E-state index contributed by atoms with van der Waals surface area (Å²) in [5.41, 5.74) is 17.4. The van der Waals surface area contributed by atoms with E-state index >= 15 is 0 Å². The highest BCUT2D eigenvalue weighted by atomic mass is 32.2. The number of sulfone groups is 1. The molecule has 696 valence electrons. The van der Waals surface area contributed by atoms with Crippen molar-refractivity contribution in [3.8, 4) is 137 Å². The fraction of sp³-hybridized carbons (Fsp3) is 0.0619. The molecule has 0 aliphatic heterocycles. The monoisotopic (exact) mass is 1910 g/mol. The maximum absolute atomic E-state index is 11.4. The molecule has 6 N–H and O–H groups in total. The lowest BCUT2D eigenvalue weighted by molar-refractivity contribution is -0.193. The first-order valence-electron chi connectivity index (χ1n) is 39.5. The van der Waals surface area contributed by atoms with Crippen LogP contribution in [0.1, 0.15) is 16.7 Å². The first-order chi connectivity index (χ1) is 67.0. The summed E-state index contributed by atoms with van der Waals surface area (Å²) in [6.45, 7) is 6.25. The Kier molecular flexibility index (Phi) is 45.7. The predicted molar refractivity (Wildman–Crippen MR) is 498 cm³/mol. The standard InChI is InChI=1S/C16H15N3OS.C15H13N3O3S.C15H13N3OS.3C15H13N3O.6CO2/c1-21(2)15-9-5-13(6-10-15)12-3-7-14(8-4-12)20-16-11-17-19-18-16;1-22(19,20)14-8-4-12(5-9-14)11-2-6-13(7-3-11)21-15-10-16-18-17-15;1-20-14-8-4-12(5-9-14)11-2-6-13(7-3-11)19-15-10-16-18-17-15;3*1-11-2-4-12(5-3-11)13-6-8-14(9-7-13)19-15-10-16-18-17-15;6*2-1-3/h3-11H,1H2,2H3,(H,17,18,19);2-10H,1H3,(H,16,17,18);2-10H,1H3,(H,16,17,18);3*2-10H,1H3,(H,16,17,18);;;;;;. The molecule has 12 aromatic carbocycles. The van der Waals surface area contributed by atoms with Crippen LogP contribution in [0.25, 0.3) is 66.8 Å². The Morgan fingerprint density at radius 3 is 0.558 bits per heavy atom. The normalized spacial score (nSPS) is 9.78. The van der Waals surface area contributed by atoms with Gasteiger partial charge in [-0.15, -0.1) is 42.4 Å². The number of nitrogens with zero attached hydrogens (tertiary/aromatic N) is 12. The Balaban J connectivity index is 0.000000217. The van der Waals surface area contributed by atoms with Crippen molar-refractivity contribution in [1.29, 1.82) is 0 Å². The number of aromatic nitrogens is 18. The minimum Gasteiger partial charge on any atom is -0.436 e. The first kappa shape index (κ1) is 106. The van der Waals surface area contributed by atoms with Gasteiger partial charge in [0.25, 0.3) is 35.3 Å². The van der Waals surface area contributed by atoms with Gasteiger partial charge in [-0.05, 0) is 209 Å². The van der Waals surface area contributed by atoms with Crippen molar-refractivity contribution >= 4 is 74.9 Å². The van der Waals surface area contributed by atoms with E-state index in [-0.39, 0.29) is 47.4 Å². The van der Waals surface area contributed by atoms with Gasteiger partial charge in [0.05, 0.1) is 4.90 Å². The number of H-pyrrole nitrogens is 6. The third-order valence-electron chi connectivity index (χ3n) is 17.6. The molecule has 0 radical (unpaired) electrons. The molecule has 18 rings (SSSR count). The van der Waals surface area contributed by atoms with Gasteiger partial charge in [-0.1, -0.05) is 205 Å². The van der Waals surface area contributed by atoms with Crippen LogP contribution in [0.3, 0.4) is 0 Å². The number of hydrogen-bond acceptors (Lipinski definition) is 33. The smallest absolute Gasteiger partial charge is 0.373 e. The van der Waals surface area contributed by atoms with E-state index in [2.05, 4.69) is 253 Å². The molecule has 0 aliphatic carbocycles. The van der Waals surface area contributed by atoms with Gasteiger partial charge in [0, 0.05) is 16.0 Å². The molecule has 38 nitrogen and oxygen atoms in total. The van der Waals surface area contributed by atoms with E-state index in [1.807, 2.05) is 146 Å². The highest BCUT2D eigenvalue weighted by Crippen LogP contribution is 2.34. The van der Waals surface area contributed by atoms with Gasteiger partial charge in [0.2, 0.25) is 0 Å². The molecule has 1 unspecified atom stereocenters. The zero-order valence-corrected chi connectivity index (χ0v) is 76.1. The number of carbonyl (C=O) groups excluding carboxylic acids is 12. The van der Waals surface area contributed by atoms with Crippen LogP contribution in [0.2, 0.25) is 0 Å². The summed E-state index contributed by atoms with van der Waals surface area (Å²) in [7, 11) is -3.13. The molecule has 0 bridgehead atoms. The number of thioether (sulfide) groups is 1. The van der Waals surface area contributed by atoms with Crippen molar-refractivity contribution in [2.45, 2.75) is 35.5 Å². The summed E-state index contributed by atoms with van der Waals surface area (Å²) >= 11 is 1.74. The molecule has 0 saturated carbocycles. The summed E-state index contributed by atoms with van der Waals surface area (Å²) in [5, 5.41) is 60.2. The maximum Gasteiger partial charge on any atom is 0.373 e. The lowest BCUT2D eigenvalue weighted by atomic mass is 10.0. The second-order valence-corrected chi connectivity index (χ2v) is 31.5. The molecule has 138 heavy (non-hydrogen) atoms. The van der Waals surface area contributed by atoms with Gasteiger partial charge in [-0.3, -0.25) is 0 Å². The molecule has 0 fully saturated rings. The summed E-state index contributed by atoms with van der Waals surface area (Å²) in [6.07, 6.45) is 16.0. The number of rotatable bonds is 21. The third kappa shape index (κ3) is 38.3. The van der Waals surface area contributed by atoms with Gasteiger partial charge in [-0.25, -0.2) is 8.42 Å². The Hall–Kier alpha value is -18.9. The van der Waals surface area contributed by atoms with Gasteiger partial charge in [-0.2, -0.15) is 130 Å². The number of nitrogens with one attached hydrogen (secondary N) is 6. The predicted octanol–water partition coefficient (Wildman–Crippen LogP) is 17.8. The maximum atomic E-state index is 11.4. The van der Waals surface area contributed by atoms with Crippen molar-refractivity contribution in [2.75, 3.05) is 18.8 Å². The number of hydrogen-bond donors (Lipinski definition) is 6. The summed E-state index contributed by atoms with van der Waals surface area (Å²) < 4.78 is 56.0. The molecule has 18 aromatic rings. The largest absolute Gasteiger partial charge is 0.436 e. The number of ether oxygens (including phenoxy) is 6. The zero-order chi connectivity index (χ0) is 99.5. The number of benzene rings is 12. The van der Waals surface area contributed by atoms with E-state index in [1.54, 1.807) is 36.0 Å². The van der Waals surface area contributed by atoms with Crippen LogP contribution >= 0.6 is 22.2 Å². The fourth-order valence-corrected chi connectivity index (χ4v) is 12.9. The number of aryl methyl sites for hydroxylation is 3. The second kappa shape index (κ2) is 59.4. The van der Waals surface area contributed by atoms with Crippen molar-refractivity contribution in [3.63, 3.8) is 0 Å². The molecule has 0 amide bonds. The van der Waals surface area contributed by atoms with Crippen LogP contribution in [-0.4, -0.2) is 162 Å². The van der Waals surface area contributed by atoms with Crippen LogP contribution in [0, 0.1) is 20.8 Å². The molecule has 0 saturated heterocycles. The lowest BCUT2D eigenvalue weighted by Gasteiger charge is -2.06. The van der Waals surface area contributed by atoms with Gasteiger partial charge in [0.15, 0.2) is 9.84 Å². The Morgan fingerprint density at radius 2 is 0.413 bits per heavy atom. The van der Waals surface area contributed by atoms with Gasteiger partial charge < -0.3 is 28.4 Å². The van der Waals surface area contributed by atoms with Crippen molar-refractivity contribution < 1.29 is 94.4 Å². The van der Waals surface area contributed by atoms with E-state index in [1.165, 1.54) is 97.7 Å². The average Bonchev–Trinajstić information content (AvgIpc) is 1.10. The molecular formula is C97H80N18O20S3. The van der Waals surface area contributed by atoms with E-state index < -0.39 is 9.84 Å². The molecule has 0 spiro atoms. The molecule has 6 aromatic heterocycles. The Bertz CT molecular complexity index is 6500. The van der Waals surface area contributed by atoms with Crippen LogP contribution < -0.4 is 28.4 Å². The van der Waals surface area contributed by atoms with Gasteiger partial charge >= 0.3 is 36.9 Å². The first-order valence-corrected chi connectivity index (χ1v) is 44.4. The third-order valence-corrected chi connectivity index (χ3v) is 20.6. The van der Waals surface area contributed by atoms with E-state index in [0.717, 1.165) is 67.7 Å². The van der Waals surface area contributed by atoms with E-state index in [9.17, 15) is 8.42 Å². The van der Waals surface area contributed by atoms with Crippen LogP contribution in [0.15, 0.2) is 343 Å². The zero-order valence-electron chi connectivity index (χ0n) is 73.6. The van der Waals surface area contributed by atoms with Crippen molar-refractivity contribution in [3.05, 3.63) is 345 Å². The van der Waals surface area contributed by atoms with Crippen molar-refractivity contribution in [2.24, 2.45) is 0 Å². The van der Waals surface area contributed by atoms with Crippen LogP contribution in [0.5, 0.6) is 69.8 Å². The van der Waals surface area contributed by atoms with Gasteiger partial charge in [0.1, 0.15) is 71.7 Å². The van der Waals surface area contributed by atoms with Crippen LogP contribution in [0.4, 0.5) is 0 Å².